The molecule has 1 N–H and O–H groups in total. The summed E-state index contributed by atoms with van der Waals surface area (Å²) in [4.78, 5) is 14.3. The molecule has 1 aliphatic heterocycles. The van der Waals surface area contributed by atoms with Gasteiger partial charge in [-0.15, -0.1) is 0 Å². The summed E-state index contributed by atoms with van der Waals surface area (Å²) in [5, 5.41) is 9.85. The van der Waals surface area contributed by atoms with Crippen molar-refractivity contribution in [1.82, 2.24) is 4.90 Å². The van der Waals surface area contributed by atoms with E-state index in [4.69, 9.17) is 4.74 Å². The normalized spacial score (nSPS) is 22.3. The zero-order chi connectivity index (χ0) is 14.2. The number of ether oxygens (including phenoxy) is 1. The lowest BCUT2D eigenvalue weighted by Crippen LogP contribution is -2.53. The standard InChI is InChI=1S/C15H21NO3/c1-10-5-6-13(17)12(7-10)14(18)16-8-11(2)19-15(3,4)9-16/h5-7,11,17H,8-9H2,1-4H3. The van der Waals surface area contributed by atoms with Crippen LogP contribution in [0.15, 0.2) is 18.2 Å². The van der Waals surface area contributed by atoms with Crippen LogP contribution in [0, 0.1) is 6.92 Å². The van der Waals surface area contributed by atoms with Crippen molar-refractivity contribution in [2.45, 2.75) is 39.4 Å². The maximum Gasteiger partial charge on any atom is 0.257 e. The minimum absolute atomic E-state index is 0.000322. The zero-order valence-electron chi connectivity index (χ0n) is 11.9. The number of hydrogen-bond acceptors (Lipinski definition) is 3. The minimum Gasteiger partial charge on any atom is -0.507 e. The number of carbonyl (C=O) groups excluding carboxylic acids is 1. The fraction of sp³-hybridized carbons (Fsp3) is 0.533. The molecule has 1 unspecified atom stereocenters. The van der Waals surface area contributed by atoms with E-state index in [1.165, 1.54) is 0 Å². The lowest BCUT2D eigenvalue weighted by Gasteiger charge is -2.41. The number of phenolic OH excluding ortho intramolecular Hbond substituents is 1. The monoisotopic (exact) mass is 263 g/mol. The van der Waals surface area contributed by atoms with Crippen LogP contribution >= 0.6 is 0 Å². The minimum atomic E-state index is -0.354. The third-order valence-electron chi connectivity index (χ3n) is 3.24. The third-order valence-corrected chi connectivity index (χ3v) is 3.24. The summed E-state index contributed by atoms with van der Waals surface area (Å²) < 4.78 is 5.79. The number of aryl methyl sites for hydroxylation is 1. The Bertz CT molecular complexity index is 496. The molecule has 1 saturated heterocycles. The van der Waals surface area contributed by atoms with Gasteiger partial charge in [0.15, 0.2) is 0 Å². The topological polar surface area (TPSA) is 49.8 Å². The van der Waals surface area contributed by atoms with E-state index in [-0.39, 0.29) is 23.4 Å². The van der Waals surface area contributed by atoms with Crippen LogP contribution in [-0.4, -0.2) is 40.7 Å². The van der Waals surface area contributed by atoms with Gasteiger partial charge in [-0.1, -0.05) is 11.6 Å². The molecule has 4 nitrogen and oxygen atoms in total. The van der Waals surface area contributed by atoms with Crippen LogP contribution in [0.5, 0.6) is 5.75 Å². The summed E-state index contributed by atoms with van der Waals surface area (Å²) in [5.74, 6) is -0.100. The van der Waals surface area contributed by atoms with Crippen molar-refractivity contribution in [3.8, 4) is 5.75 Å². The summed E-state index contributed by atoms with van der Waals surface area (Å²) in [6, 6.07) is 5.08. The van der Waals surface area contributed by atoms with Crippen molar-refractivity contribution >= 4 is 5.91 Å². The zero-order valence-corrected chi connectivity index (χ0v) is 11.9. The number of aromatic hydroxyl groups is 1. The highest BCUT2D eigenvalue weighted by Gasteiger charge is 2.34. The van der Waals surface area contributed by atoms with Gasteiger partial charge in [0, 0.05) is 13.1 Å². The van der Waals surface area contributed by atoms with Crippen LogP contribution in [0.1, 0.15) is 36.7 Å². The lowest BCUT2D eigenvalue weighted by molar-refractivity contribution is -0.118. The molecule has 1 heterocycles. The molecule has 1 fully saturated rings. The summed E-state index contributed by atoms with van der Waals surface area (Å²) in [6.45, 7) is 8.89. The van der Waals surface area contributed by atoms with Gasteiger partial charge < -0.3 is 14.7 Å². The molecular formula is C15H21NO3. The van der Waals surface area contributed by atoms with Crippen LogP contribution in [0.2, 0.25) is 0 Å². The fourth-order valence-corrected chi connectivity index (χ4v) is 2.60. The average molecular weight is 263 g/mol. The molecule has 0 bridgehead atoms. The molecule has 1 aliphatic rings. The highest BCUT2D eigenvalue weighted by molar-refractivity contribution is 5.97. The highest BCUT2D eigenvalue weighted by atomic mass is 16.5. The van der Waals surface area contributed by atoms with Crippen molar-refractivity contribution < 1.29 is 14.6 Å². The summed E-state index contributed by atoms with van der Waals surface area (Å²) in [7, 11) is 0. The lowest BCUT2D eigenvalue weighted by atomic mass is 10.0. The molecular weight excluding hydrogens is 242 g/mol. The Morgan fingerprint density at radius 1 is 1.47 bits per heavy atom. The maximum atomic E-state index is 12.5. The molecule has 1 atom stereocenters. The first-order valence-electron chi connectivity index (χ1n) is 6.55. The van der Waals surface area contributed by atoms with Crippen molar-refractivity contribution in [2.75, 3.05) is 13.1 Å². The molecule has 4 heteroatoms. The Morgan fingerprint density at radius 2 is 2.16 bits per heavy atom. The number of carbonyl (C=O) groups is 1. The Kier molecular flexibility index (Phi) is 3.54. The van der Waals surface area contributed by atoms with E-state index in [9.17, 15) is 9.90 Å². The van der Waals surface area contributed by atoms with Crippen LogP contribution in [0.3, 0.4) is 0 Å². The van der Waals surface area contributed by atoms with E-state index < -0.39 is 0 Å². The van der Waals surface area contributed by atoms with Gasteiger partial charge in [-0.2, -0.15) is 0 Å². The first kappa shape index (κ1) is 13.9. The second-order valence-corrected chi connectivity index (χ2v) is 5.89. The summed E-state index contributed by atoms with van der Waals surface area (Å²) in [6.07, 6.45) is -0.000322. The highest BCUT2D eigenvalue weighted by Crippen LogP contribution is 2.25. The van der Waals surface area contributed by atoms with Crippen LogP contribution in [0.4, 0.5) is 0 Å². The van der Waals surface area contributed by atoms with Gasteiger partial charge in [-0.05, 0) is 39.8 Å². The van der Waals surface area contributed by atoms with Gasteiger partial charge in [-0.25, -0.2) is 0 Å². The molecule has 1 aromatic rings. The molecule has 0 saturated carbocycles. The second-order valence-electron chi connectivity index (χ2n) is 5.89. The Morgan fingerprint density at radius 3 is 2.79 bits per heavy atom. The molecule has 1 amide bonds. The number of amides is 1. The van der Waals surface area contributed by atoms with Gasteiger partial charge >= 0.3 is 0 Å². The first-order valence-corrected chi connectivity index (χ1v) is 6.55. The van der Waals surface area contributed by atoms with Crippen LogP contribution < -0.4 is 0 Å². The van der Waals surface area contributed by atoms with E-state index in [1.807, 2.05) is 27.7 Å². The van der Waals surface area contributed by atoms with Crippen molar-refractivity contribution in [3.63, 3.8) is 0 Å². The number of phenols is 1. The van der Waals surface area contributed by atoms with E-state index in [2.05, 4.69) is 0 Å². The molecule has 2 rings (SSSR count). The van der Waals surface area contributed by atoms with Gasteiger partial charge in [-0.3, -0.25) is 4.79 Å². The molecule has 0 spiro atoms. The fourth-order valence-electron chi connectivity index (χ4n) is 2.60. The molecule has 1 aromatic carbocycles. The van der Waals surface area contributed by atoms with Crippen molar-refractivity contribution in [3.05, 3.63) is 29.3 Å². The van der Waals surface area contributed by atoms with Gasteiger partial charge in [0.1, 0.15) is 5.75 Å². The largest absolute Gasteiger partial charge is 0.507 e. The SMILES string of the molecule is Cc1ccc(O)c(C(=O)N2CC(C)OC(C)(C)C2)c1. The van der Waals surface area contributed by atoms with E-state index in [0.717, 1.165) is 5.56 Å². The van der Waals surface area contributed by atoms with Crippen LogP contribution in [0.25, 0.3) is 0 Å². The quantitative estimate of drug-likeness (QED) is 0.846. The Hall–Kier alpha value is -1.55. The summed E-state index contributed by atoms with van der Waals surface area (Å²) >= 11 is 0. The van der Waals surface area contributed by atoms with E-state index in [1.54, 1.807) is 23.1 Å². The predicted octanol–water partition coefficient (Wildman–Crippen LogP) is 2.34. The third kappa shape index (κ3) is 3.07. The molecule has 19 heavy (non-hydrogen) atoms. The molecule has 104 valence electrons. The summed E-state index contributed by atoms with van der Waals surface area (Å²) in [5.41, 5.74) is 0.971. The van der Waals surface area contributed by atoms with Crippen molar-refractivity contribution in [1.29, 1.82) is 0 Å². The van der Waals surface area contributed by atoms with E-state index in [0.29, 0.717) is 18.7 Å². The first-order chi connectivity index (χ1) is 8.78. The average Bonchev–Trinajstić information content (AvgIpc) is 2.29. The Balaban J connectivity index is 2.26. The molecule has 0 aromatic heterocycles. The number of nitrogens with zero attached hydrogens (tertiary/aromatic N) is 1. The maximum absolute atomic E-state index is 12.5. The second kappa shape index (κ2) is 4.85. The number of benzene rings is 1. The predicted molar refractivity (Wildman–Crippen MR) is 73.4 cm³/mol. The van der Waals surface area contributed by atoms with Crippen molar-refractivity contribution in [2.24, 2.45) is 0 Å². The van der Waals surface area contributed by atoms with Gasteiger partial charge in [0.05, 0.1) is 17.3 Å². The number of morpholine rings is 1. The van der Waals surface area contributed by atoms with Gasteiger partial charge in [0.2, 0.25) is 0 Å². The van der Waals surface area contributed by atoms with Crippen LogP contribution in [-0.2, 0) is 4.74 Å². The Labute approximate surface area is 114 Å². The smallest absolute Gasteiger partial charge is 0.257 e. The molecule has 0 radical (unpaired) electrons. The number of rotatable bonds is 1. The molecule has 0 aliphatic carbocycles. The van der Waals surface area contributed by atoms with Gasteiger partial charge in [0.25, 0.3) is 5.91 Å². The number of hydrogen-bond donors (Lipinski definition) is 1. The van der Waals surface area contributed by atoms with E-state index >= 15 is 0 Å².